The first kappa shape index (κ1) is 13.9. The highest BCUT2D eigenvalue weighted by atomic mass is 16.1. The predicted molar refractivity (Wildman–Crippen MR) is 82.5 cm³/mol. The Hall–Kier alpha value is -2.49. The molecule has 104 valence electrons. The van der Waals surface area contributed by atoms with Gasteiger partial charge in [0.1, 0.15) is 0 Å². The van der Waals surface area contributed by atoms with Crippen LogP contribution in [0.1, 0.15) is 28.4 Å². The van der Waals surface area contributed by atoms with Gasteiger partial charge >= 0.3 is 0 Å². The van der Waals surface area contributed by atoms with E-state index >= 15 is 0 Å². The number of nitrogens with two attached hydrogens (primary N) is 2. The van der Waals surface area contributed by atoms with Crippen molar-refractivity contribution in [1.82, 2.24) is 0 Å². The van der Waals surface area contributed by atoms with Gasteiger partial charge in [0.15, 0.2) is 0 Å². The maximum atomic E-state index is 11.4. The van der Waals surface area contributed by atoms with Crippen LogP contribution in [0, 0.1) is 0 Å². The molecule has 2 aromatic rings. The lowest BCUT2D eigenvalue weighted by molar-refractivity contribution is 0.100. The maximum absolute atomic E-state index is 11.4. The van der Waals surface area contributed by atoms with E-state index < -0.39 is 5.91 Å². The molecule has 2 rings (SSSR count). The zero-order chi connectivity index (χ0) is 14.5. The van der Waals surface area contributed by atoms with Gasteiger partial charge in [0.25, 0.3) is 5.91 Å². The van der Waals surface area contributed by atoms with Crippen LogP contribution in [0.3, 0.4) is 0 Å². The van der Waals surface area contributed by atoms with Gasteiger partial charge in [-0.3, -0.25) is 4.79 Å². The molecule has 0 aliphatic rings. The number of carbonyl (C=O) groups excluding carboxylic acids is 1. The lowest BCUT2D eigenvalue weighted by Gasteiger charge is -2.13. The number of anilines is 2. The fourth-order valence-corrected chi connectivity index (χ4v) is 2.19. The number of amides is 1. The first-order chi connectivity index (χ1) is 9.61. The Kier molecular flexibility index (Phi) is 4.25. The summed E-state index contributed by atoms with van der Waals surface area (Å²) in [6.45, 7) is 2.77. The molecule has 0 saturated carbocycles. The van der Waals surface area contributed by atoms with Crippen molar-refractivity contribution in [2.75, 3.05) is 11.1 Å². The Bertz CT molecular complexity index is 623. The van der Waals surface area contributed by atoms with Crippen molar-refractivity contribution in [1.29, 1.82) is 0 Å². The second-order valence-corrected chi connectivity index (χ2v) is 4.65. The van der Waals surface area contributed by atoms with Gasteiger partial charge in [-0.1, -0.05) is 31.2 Å². The zero-order valence-corrected chi connectivity index (χ0v) is 11.5. The average molecular weight is 269 g/mol. The summed E-state index contributed by atoms with van der Waals surface area (Å²) < 4.78 is 0. The van der Waals surface area contributed by atoms with E-state index in [2.05, 4.69) is 24.4 Å². The van der Waals surface area contributed by atoms with Crippen LogP contribution in [0.25, 0.3) is 0 Å². The summed E-state index contributed by atoms with van der Waals surface area (Å²) in [5, 5.41) is 3.26. The molecule has 0 aliphatic carbocycles. The molecule has 4 heteroatoms. The SMILES string of the molecule is CCc1ccccc1CNc1ccc(N)cc1C(N)=O. The van der Waals surface area contributed by atoms with Crippen LogP contribution >= 0.6 is 0 Å². The summed E-state index contributed by atoms with van der Waals surface area (Å²) in [7, 11) is 0. The van der Waals surface area contributed by atoms with Gasteiger partial charge in [0.05, 0.1) is 5.56 Å². The van der Waals surface area contributed by atoms with E-state index in [4.69, 9.17) is 11.5 Å². The van der Waals surface area contributed by atoms with Crippen LogP contribution in [0.2, 0.25) is 0 Å². The molecule has 20 heavy (non-hydrogen) atoms. The normalized spacial score (nSPS) is 10.2. The number of hydrogen-bond acceptors (Lipinski definition) is 3. The number of primary amides is 1. The second-order valence-electron chi connectivity index (χ2n) is 4.65. The lowest BCUT2D eigenvalue weighted by atomic mass is 10.0. The van der Waals surface area contributed by atoms with Crippen LogP contribution in [0.5, 0.6) is 0 Å². The summed E-state index contributed by atoms with van der Waals surface area (Å²) in [5.74, 6) is -0.483. The predicted octanol–water partition coefficient (Wildman–Crippen LogP) is 2.54. The summed E-state index contributed by atoms with van der Waals surface area (Å²) >= 11 is 0. The molecule has 0 spiro atoms. The first-order valence-electron chi connectivity index (χ1n) is 6.61. The molecule has 0 saturated heterocycles. The quantitative estimate of drug-likeness (QED) is 0.730. The molecule has 0 heterocycles. The van der Waals surface area contributed by atoms with Gasteiger partial charge in [-0.05, 0) is 35.7 Å². The Labute approximate surface area is 118 Å². The summed E-state index contributed by atoms with van der Waals surface area (Å²) in [6.07, 6.45) is 0.974. The molecule has 2 aromatic carbocycles. The van der Waals surface area contributed by atoms with E-state index in [9.17, 15) is 4.79 Å². The first-order valence-corrected chi connectivity index (χ1v) is 6.61. The molecule has 0 radical (unpaired) electrons. The highest BCUT2D eigenvalue weighted by molar-refractivity contribution is 5.99. The van der Waals surface area contributed by atoms with Crippen molar-refractivity contribution in [3.8, 4) is 0 Å². The minimum atomic E-state index is -0.483. The standard InChI is InChI=1S/C16H19N3O/c1-2-11-5-3-4-6-12(11)10-19-15-8-7-13(17)9-14(15)16(18)20/h3-9,19H,2,10,17H2,1H3,(H2,18,20). The number of rotatable bonds is 5. The van der Waals surface area contributed by atoms with Crippen molar-refractivity contribution < 1.29 is 4.79 Å². The third-order valence-electron chi connectivity index (χ3n) is 3.28. The summed E-state index contributed by atoms with van der Waals surface area (Å²) in [5.41, 5.74) is 15.2. The highest BCUT2D eigenvalue weighted by Crippen LogP contribution is 2.20. The zero-order valence-electron chi connectivity index (χ0n) is 11.5. The average Bonchev–Trinajstić information content (AvgIpc) is 2.46. The molecule has 0 fully saturated rings. The monoisotopic (exact) mass is 269 g/mol. The largest absolute Gasteiger partial charge is 0.399 e. The summed E-state index contributed by atoms with van der Waals surface area (Å²) in [4.78, 5) is 11.4. The third-order valence-corrected chi connectivity index (χ3v) is 3.28. The van der Waals surface area contributed by atoms with E-state index in [0.29, 0.717) is 23.5 Å². The topological polar surface area (TPSA) is 81.1 Å². The fraction of sp³-hybridized carbons (Fsp3) is 0.188. The Balaban J connectivity index is 2.21. The number of nitrogens with one attached hydrogen (secondary N) is 1. The number of carbonyl (C=O) groups is 1. The molecule has 0 atom stereocenters. The molecule has 5 N–H and O–H groups in total. The van der Waals surface area contributed by atoms with Crippen molar-refractivity contribution in [3.05, 3.63) is 59.2 Å². The number of aryl methyl sites for hydroxylation is 1. The fourth-order valence-electron chi connectivity index (χ4n) is 2.19. The van der Waals surface area contributed by atoms with E-state index in [0.717, 1.165) is 6.42 Å². The molecule has 0 bridgehead atoms. The number of hydrogen-bond donors (Lipinski definition) is 3. The van der Waals surface area contributed by atoms with Crippen molar-refractivity contribution in [3.63, 3.8) is 0 Å². The number of nitrogen functional groups attached to an aromatic ring is 1. The van der Waals surface area contributed by atoms with Gasteiger partial charge in [-0.25, -0.2) is 0 Å². The minimum Gasteiger partial charge on any atom is -0.399 e. The van der Waals surface area contributed by atoms with Crippen molar-refractivity contribution in [2.45, 2.75) is 19.9 Å². The molecule has 4 nitrogen and oxygen atoms in total. The van der Waals surface area contributed by atoms with E-state index in [-0.39, 0.29) is 0 Å². The van der Waals surface area contributed by atoms with E-state index in [1.807, 2.05) is 12.1 Å². The van der Waals surface area contributed by atoms with Gasteiger partial charge in [0.2, 0.25) is 0 Å². The Morgan fingerprint density at radius 2 is 1.85 bits per heavy atom. The molecule has 0 aromatic heterocycles. The van der Waals surface area contributed by atoms with Crippen molar-refractivity contribution in [2.24, 2.45) is 5.73 Å². The van der Waals surface area contributed by atoms with E-state index in [1.54, 1.807) is 18.2 Å². The molecule has 0 aliphatic heterocycles. The van der Waals surface area contributed by atoms with E-state index in [1.165, 1.54) is 11.1 Å². The van der Waals surface area contributed by atoms with Crippen LogP contribution in [0.4, 0.5) is 11.4 Å². The highest BCUT2D eigenvalue weighted by Gasteiger charge is 2.09. The van der Waals surface area contributed by atoms with Crippen LogP contribution in [0.15, 0.2) is 42.5 Å². The van der Waals surface area contributed by atoms with Crippen LogP contribution in [-0.2, 0) is 13.0 Å². The molecular formula is C16H19N3O. The second kappa shape index (κ2) is 6.10. The molecule has 0 unspecified atom stereocenters. The van der Waals surface area contributed by atoms with Gasteiger partial charge in [0, 0.05) is 17.9 Å². The molecule has 1 amide bonds. The smallest absolute Gasteiger partial charge is 0.250 e. The van der Waals surface area contributed by atoms with Gasteiger partial charge in [-0.15, -0.1) is 0 Å². The lowest BCUT2D eigenvalue weighted by Crippen LogP contribution is -2.15. The van der Waals surface area contributed by atoms with Gasteiger partial charge < -0.3 is 16.8 Å². The third kappa shape index (κ3) is 3.09. The Morgan fingerprint density at radius 3 is 2.50 bits per heavy atom. The van der Waals surface area contributed by atoms with Crippen molar-refractivity contribution >= 4 is 17.3 Å². The van der Waals surface area contributed by atoms with Crippen LogP contribution in [-0.4, -0.2) is 5.91 Å². The Morgan fingerprint density at radius 1 is 1.15 bits per heavy atom. The molecular weight excluding hydrogens is 250 g/mol. The maximum Gasteiger partial charge on any atom is 0.250 e. The minimum absolute atomic E-state index is 0.416. The summed E-state index contributed by atoms with van der Waals surface area (Å²) in [6, 6.07) is 13.3. The van der Waals surface area contributed by atoms with Gasteiger partial charge in [-0.2, -0.15) is 0 Å². The number of benzene rings is 2. The van der Waals surface area contributed by atoms with Crippen LogP contribution < -0.4 is 16.8 Å².